The van der Waals surface area contributed by atoms with Gasteiger partial charge in [0.2, 0.25) is 0 Å². The number of ether oxygens (including phenoxy) is 1. The third-order valence-corrected chi connectivity index (χ3v) is 6.94. The number of alkyl halides is 2. The van der Waals surface area contributed by atoms with Crippen LogP contribution in [0.1, 0.15) is 28.5 Å². The summed E-state index contributed by atoms with van der Waals surface area (Å²) in [4.78, 5) is 30.3. The van der Waals surface area contributed by atoms with E-state index in [4.69, 9.17) is 9.57 Å². The predicted molar refractivity (Wildman–Crippen MR) is 139 cm³/mol. The van der Waals surface area contributed by atoms with Crippen LogP contribution in [0.4, 0.5) is 30.5 Å². The van der Waals surface area contributed by atoms with Crippen LogP contribution in [-0.4, -0.2) is 88.8 Å². The SMILES string of the molecule is CCOC(=O)c1nn(CCO)c2c1CCc1cnc(N(OC(F)F)c3cc(N4CCN(C)CC4)ccc3F)nc1-2. The van der Waals surface area contributed by atoms with Crippen molar-refractivity contribution in [1.29, 1.82) is 0 Å². The molecule has 3 aromatic rings. The Morgan fingerprint density at radius 3 is 2.67 bits per heavy atom. The fourth-order valence-electron chi connectivity index (χ4n) is 4.97. The topological polar surface area (TPSA) is 109 Å². The van der Waals surface area contributed by atoms with Crippen LogP contribution in [0.5, 0.6) is 0 Å². The number of fused-ring (bicyclic) bond motifs is 3. The highest BCUT2D eigenvalue weighted by atomic mass is 19.3. The Balaban J connectivity index is 1.58. The lowest BCUT2D eigenvalue weighted by Crippen LogP contribution is -2.44. The standard InChI is InChI=1S/C26H30F3N7O4/c1-3-39-24(38)22-18-6-4-16-15-30-26(31-21(16)23(18)35(32-22)12-13-37)36(40-25(28)29)20-14-17(5-7-19(20)27)34-10-8-33(2)9-11-34/h5,7,14-15,25,37H,3-4,6,8-13H2,1-2H3. The molecule has 3 heterocycles. The molecule has 1 fully saturated rings. The van der Waals surface area contributed by atoms with Gasteiger partial charge in [-0.05, 0) is 50.6 Å². The van der Waals surface area contributed by atoms with Gasteiger partial charge in [0.1, 0.15) is 11.5 Å². The number of anilines is 3. The van der Waals surface area contributed by atoms with E-state index < -0.39 is 18.4 Å². The largest absolute Gasteiger partial charge is 0.461 e. The third-order valence-electron chi connectivity index (χ3n) is 6.94. The molecule has 1 N–H and O–H groups in total. The van der Waals surface area contributed by atoms with Crippen LogP contribution in [-0.2, 0) is 29.0 Å². The second-order valence-electron chi connectivity index (χ2n) is 9.47. The summed E-state index contributed by atoms with van der Waals surface area (Å²) in [5.41, 5.74) is 2.47. The third kappa shape index (κ3) is 5.46. The lowest BCUT2D eigenvalue weighted by Gasteiger charge is -2.34. The minimum Gasteiger partial charge on any atom is -0.461 e. The molecule has 5 rings (SSSR count). The number of esters is 1. The molecule has 14 heteroatoms. The quantitative estimate of drug-likeness (QED) is 0.310. The Labute approximate surface area is 228 Å². The van der Waals surface area contributed by atoms with Crippen LogP contribution in [0, 0.1) is 5.82 Å². The number of carbonyl (C=O) groups is 1. The average molecular weight is 562 g/mol. The zero-order valence-corrected chi connectivity index (χ0v) is 22.2. The lowest BCUT2D eigenvalue weighted by molar-refractivity contribution is -0.130. The molecule has 0 saturated carbocycles. The van der Waals surface area contributed by atoms with Gasteiger partial charge in [-0.1, -0.05) is 0 Å². The van der Waals surface area contributed by atoms with Gasteiger partial charge in [-0.25, -0.2) is 19.2 Å². The van der Waals surface area contributed by atoms with E-state index in [9.17, 15) is 18.7 Å². The Kier molecular flexibility index (Phi) is 8.19. The van der Waals surface area contributed by atoms with E-state index in [1.807, 2.05) is 11.9 Å². The van der Waals surface area contributed by atoms with E-state index in [0.717, 1.165) is 13.1 Å². The minimum absolute atomic E-state index is 0.0550. The monoisotopic (exact) mass is 561 g/mol. The van der Waals surface area contributed by atoms with Gasteiger partial charge in [0, 0.05) is 43.6 Å². The second kappa shape index (κ2) is 11.8. The first kappa shape index (κ1) is 27.8. The number of aromatic nitrogens is 4. The molecule has 0 atom stereocenters. The van der Waals surface area contributed by atoms with Crippen LogP contribution in [0.25, 0.3) is 11.4 Å². The van der Waals surface area contributed by atoms with Gasteiger partial charge in [0.25, 0.3) is 5.95 Å². The number of aryl methyl sites for hydroxylation is 1. The first-order valence-electron chi connectivity index (χ1n) is 13.0. The van der Waals surface area contributed by atoms with E-state index in [1.54, 1.807) is 13.0 Å². The first-order chi connectivity index (χ1) is 19.3. The van der Waals surface area contributed by atoms with Crippen LogP contribution in [0.2, 0.25) is 0 Å². The van der Waals surface area contributed by atoms with Gasteiger partial charge in [-0.15, -0.1) is 0 Å². The fourth-order valence-corrected chi connectivity index (χ4v) is 4.97. The first-order valence-corrected chi connectivity index (χ1v) is 13.0. The van der Waals surface area contributed by atoms with Gasteiger partial charge in [-0.2, -0.15) is 23.8 Å². The van der Waals surface area contributed by atoms with E-state index in [-0.39, 0.29) is 37.1 Å². The summed E-state index contributed by atoms with van der Waals surface area (Å²) in [6.45, 7) is 1.30. The average Bonchev–Trinajstić information content (AvgIpc) is 3.32. The van der Waals surface area contributed by atoms with E-state index in [0.29, 0.717) is 59.2 Å². The van der Waals surface area contributed by atoms with E-state index in [2.05, 4.69) is 20.0 Å². The van der Waals surface area contributed by atoms with Crippen molar-refractivity contribution in [3.8, 4) is 11.4 Å². The molecule has 0 bridgehead atoms. The van der Waals surface area contributed by atoms with Crippen molar-refractivity contribution in [3.63, 3.8) is 0 Å². The fraction of sp³-hybridized carbons (Fsp3) is 0.462. The van der Waals surface area contributed by atoms with Crippen molar-refractivity contribution in [2.24, 2.45) is 0 Å². The number of aliphatic hydroxyl groups excluding tert-OH is 1. The summed E-state index contributed by atoms with van der Waals surface area (Å²) in [5.74, 6) is -1.73. The molecule has 0 radical (unpaired) electrons. The lowest BCUT2D eigenvalue weighted by atomic mass is 9.93. The number of hydrogen-bond donors (Lipinski definition) is 1. The number of nitrogens with zero attached hydrogens (tertiary/aromatic N) is 7. The zero-order valence-electron chi connectivity index (χ0n) is 22.2. The Morgan fingerprint density at radius 2 is 1.98 bits per heavy atom. The number of benzene rings is 1. The molecule has 40 heavy (non-hydrogen) atoms. The second-order valence-corrected chi connectivity index (χ2v) is 9.47. The summed E-state index contributed by atoms with van der Waals surface area (Å²) in [7, 11) is 2.01. The molecule has 0 spiro atoms. The van der Waals surface area contributed by atoms with Crippen LogP contribution in [0.15, 0.2) is 24.4 Å². The molecule has 2 aliphatic rings. The Bertz CT molecular complexity index is 1380. The Morgan fingerprint density at radius 1 is 1.20 bits per heavy atom. The molecular formula is C26H30F3N7O4. The molecule has 1 saturated heterocycles. The normalized spacial score (nSPS) is 15.2. The van der Waals surface area contributed by atoms with E-state index in [1.165, 1.54) is 23.0 Å². The number of aliphatic hydroxyl groups is 1. The maximum Gasteiger partial charge on any atom is 0.365 e. The van der Waals surface area contributed by atoms with E-state index >= 15 is 4.39 Å². The molecule has 0 amide bonds. The highest BCUT2D eigenvalue weighted by Crippen LogP contribution is 2.37. The van der Waals surface area contributed by atoms with Gasteiger partial charge in [-0.3, -0.25) is 4.68 Å². The number of rotatable bonds is 9. The molecule has 2 aromatic heterocycles. The van der Waals surface area contributed by atoms with Gasteiger partial charge >= 0.3 is 12.6 Å². The molecule has 214 valence electrons. The van der Waals surface area contributed by atoms with Gasteiger partial charge < -0.3 is 19.6 Å². The minimum atomic E-state index is -3.29. The van der Waals surface area contributed by atoms with Gasteiger partial charge in [0.05, 0.1) is 31.1 Å². The smallest absolute Gasteiger partial charge is 0.365 e. The number of hydrogen-bond acceptors (Lipinski definition) is 10. The maximum atomic E-state index is 15.2. The molecule has 11 nitrogen and oxygen atoms in total. The number of likely N-dealkylation sites (N-methyl/N-ethyl adjacent to an activating group) is 1. The molecule has 1 aliphatic heterocycles. The summed E-state index contributed by atoms with van der Waals surface area (Å²) in [5, 5.41) is 14.6. The Hall–Kier alpha value is -3.75. The molecule has 0 unspecified atom stereocenters. The maximum absolute atomic E-state index is 15.2. The zero-order chi connectivity index (χ0) is 28.4. The summed E-state index contributed by atoms with van der Waals surface area (Å²) in [6, 6.07) is 4.23. The summed E-state index contributed by atoms with van der Waals surface area (Å²) in [6.07, 6.45) is 2.34. The van der Waals surface area contributed by atoms with Crippen molar-refractivity contribution in [1.82, 2.24) is 24.6 Å². The highest BCUT2D eigenvalue weighted by molar-refractivity contribution is 5.91. The highest BCUT2D eigenvalue weighted by Gasteiger charge is 2.32. The number of carbonyl (C=O) groups excluding carboxylic acids is 1. The number of halogens is 3. The summed E-state index contributed by atoms with van der Waals surface area (Å²) >= 11 is 0. The van der Waals surface area contributed by atoms with Crippen molar-refractivity contribution in [3.05, 3.63) is 47.0 Å². The van der Waals surface area contributed by atoms with Crippen LogP contribution >= 0.6 is 0 Å². The van der Waals surface area contributed by atoms with Crippen molar-refractivity contribution in [2.75, 3.05) is 56.4 Å². The summed E-state index contributed by atoms with van der Waals surface area (Å²) < 4.78 is 49.0. The molecule has 1 aromatic carbocycles. The van der Waals surface area contributed by atoms with Crippen molar-refractivity contribution < 1.29 is 32.6 Å². The van der Waals surface area contributed by atoms with Crippen LogP contribution in [0.3, 0.4) is 0 Å². The van der Waals surface area contributed by atoms with Gasteiger partial charge in [0.15, 0.2) is 5.69 Å². The molecular weight excluding hydrogens is 531 g/mol. The predicted octanol–water partition coefficient (Wildman–Crippen LogP) is 2.79. The van der Waals surface area contributed by atoms with Crippen molar-refractivity contribution >= 4 is 23.3 Å². The van der Waals surface area contributed by atoms with Crippen LogP contribution < -0.4 is 9.96 Å². The molecule has 1 aliphatic carbocycles. The van der Waals surface area contributed by atoms with Crippen molar-refractivity contribution in [2.45, 2.75) is 32.9 Å². The number of piperazine rings is 1.